The summed E-state index contributed by atoms with van der Waals surface area (Å²) in [5.74, 6) is 0.816. The number of nitriles is 1. The van der Waals surface area contributed by atoms with E-state index in [0.717, 1.165) is 18.6 Å². The molecule has 4 heteroatoms. The molecule has 0 aromatic heterocycles. The Morgan fingerprint density at radius 2 is 1.92 bits per heavy atom. The zero-order chi connectivity index (χ0) is 16.9. The molecule has 1 saturated heterocycles. The topological polar surface area (TPSA) is 53.3 Å². The number of ether oxygens (including phenoxy) is 1. The van der Waals surface area contributed by atoms with Gasteiger partial charge in [-0.3, -0.25) is 4.79 Å². The summed E-state index contributed by atoms with van der Waals surface area (Å²) in [7, 11) is 0. The minimum absolute atomic E-state index is 0.0684. The van der Waals surface area contributed by atoms with E-state index in [9.17, 15) is 4.79 Å². The van der Waals surface area contributed by atoms with Crippen LogP contribution in [0.5, 0.6) is 5.75 Å². The molecule has 0 bridgehead atoms. The van der Waals surface area contributed by atoms with Crippen LogP contribution in [0.3, 0.4) is 0 Å². The highest BCUT2D eigenvalue weighted by Gasteiger charge is 2.25. The van der Waals surface area contributed by atoms with E-state index < -0.39 is 0 Å². The lowest BCUT2D eigenvalue weighted by atomic mass is 10.0. The van der Waals surface area contributed by atoms with Gasteiger partial charge in [0.25, 0.3) is 5.91 Å². The monoisotopic (exact) mass is 320 g/mol. The summed E-state index contributed by atoms with van der Waals surface area (Å²) in [5, 5.41) is 9.15. The average molecular weight is 320 g/mol. The summed E-state index contributed by atoms with van der Waals surface area (Å²) in [6.45, 7) is 3.34. The van der Waals surface area contributed by atoms with Crippen molar-refractivity contribution in [3.63, 3.8) is 0 Å². The second-order valence-corrected chi connectivity index (χ2v) is 6.08. The third-order valence-corrected chi connectivity index (χ3v) is 4.30. The van der Waals surface area contributed by atoms with Gasteiger partial charge in [0.1, 0.15) is 11.9 Å². The standard InChI is InChI=1S/C20H20N2O2/c1-15-5-4-7-18(13-15)24-17-9-11-22(12-10-17)20(23)19-8-3-2-6-16(19)14-21/h2-8,13,17H,9-12H2,1H3. The van der Waals surface area contributed by atoms with Crippen molar-refractivity contribution in [3.8, 4) is 11.8 Å². The molecule has 24 heavy (non-hydrogen) atoms. The molecule has 0 atom stereocenters. The molecular formula is C20H20N2O2. The van der Waals surface area contributed by atoms with Gasteiger partial charge in [-0.25, -0.2) is 0 Å². The van der Waals surface area contributed by atoms with Gasteiger partial charge in [-0.2, -0.15) is 5.26 Å². The van der Waals surface area contributed by atoms with Crippen molar-refractivity contribution < 1.29 is 9.53 Å². The van der Waals surface area contributed by atoms with Crippen molar-refractivity contribution in [2.45, 2.75) is 25.9 Å². The van der Waals surface area contributed by atoms with Crippen LogP contribution in [0.25, 0.3) is 0 Å². The molecule has 4 nitrogen and oxygen atoms in total. The van der Waals surface area contributed by atoms with E-state index in [1.807, 2.05) is 36.1 Å². The Morgan fingerprint density at radius 1 is 1.17 bits per heavy atom. The lowest BCUT2D eigenvalue weighted by Crippen LogP contribution is -2.42. The summed E-state index contributed by atoms with van der Waals surface area (Å²) in [4.78, 5) is 14.4. The van der Waals surface area contributed by atoms with E-state index in [1.54, 1.807) is 24.3 Å². The zero-order valence-electron chi connectivity index (χ0n) is 13.7. The fraction of sp³-hybridized carbons (Fsp3) is 0.300. The highest BCUT2D eigenvalue weighted by atomic mass is 16.5. The van der Waals surface area contributed by atoms with Crippen LogP contribution in [-0.2, 0) is 0 Å². The van der Waals surface area contributed by atoms with E-state index in [0.29, 0.717) is 24.2 Å². The van der Waals surface area contributed by atoms with Crippen LogP contribution < -0.4 is 4.74 Å². The van der Waals surface area contributed by atoms with Crippen LogP contribution in [0.15, 0.2) is 48.5 Å². The molecule has 0 aliphatic carbocycles. The highest BCUT2D eigenvalue weighted by molar-refractivity contribution is 5.96. The maximum absolute atomic E-state index is 12.6. The fourth-order valence-corrected chi connectivity index (χ4v) is 3.00. The molecule has 0 N–H and O–H groups in total. The predicted molar refractivity (Wildman–Crippen MR) is 91.9 cm³/mol. The van der Waals surface area contributed by atoms with Crippen LogP contribution >= 0.6 is 0 Å². The largest absolute Gasteiger partial charge is 0.490 e. The molecule has 2 aromatic rings. The number of aryl methyl sites for hydroxylation is 1. The molecule has 2 aromatic carbocycles. The van der Waals surface area contributed by atoms with Crippen molar-refractivity contribution in [3.05, 3.63) is 65.2 Å². The Kier molecular flexibility index (Phi) is 4.81. The van der Waals surface area contributed by atoms with Crippen LogP contribution in [0, 0.1) is 18.3 Å². The first-order chi connectivity index (χ1) is 11.7. The van der Waals surface area contributed by atoms with Crippen molar-refractivity contribution in [1.82, 2.24) is 4.90 Å². The first-order valence-corrected chi connectivity index (χ1v) is 8.19. The number of benzene rings is 2. The van der Waals surface area contributed by atoms with E-state index in [2.05, 4.69) is 6.07 Å². The molecule has 0 radical (unpaired) electrons. The predicted octanol–water partition coefficient (Wildman–Crippen LogP) is 3.55. The number of piperidine rings is 1. The minimum Gasteiger partial charge on any atom is -0.490 e. The van der Waals surface area contributed by atoms with E-state index in [-0.39, 0.29) is 12.0 Å². The number of hydrogen-bond donors (Lipinski definition) is 0. The smallest absolute Gasteiger partial charge is 0.255 e. The van der Waals surface area contributed by atoms with Gasteiger partial charge in [-0.05, 0) is 36.8 Å². The minimum atomic E-state index is -0.0684. The molecule has 0 saturated carbocycles. The lowest BCUT2D eigenvalue weighted by molar-refractivity contribution is 0.0595. The number of amides is 1. The number of rotatable bonds is 3. The molecule has 1 fully saturated rings. The van der Waals surface area contributed by atoms with Crippen molar-refractivity contribution in [2.24, 2.45) is 0 Å². The number of likely N-dealkylation sites (tertiary alicyclic amines) is 1. The Morgan fingerprint density at radius 3 is 2.62 bits per heavy atom. The zero-order valence-corrected chi connectivity index (χ0v) is 13.7. The van der Waals surface area contributed by atoms with Crippen LogP contribution in [0.1, 0.15) is 34.3 Å². The second kappa shape index (κ2) is 7.18. The number of hydrogen-bond acceptors (Lipinski definition) is 3. The van der Waals surface area contributed by atoms with Gasteiger partial charge in [-0.15, -0.1) is 0 Å². The molecule has 0 unspecified atom stereocenters. The van der Waals surface area contributed by atoms with Gasteiger partial charge < -0.3 is 9.64 Å². The molecule has 0 spiro atoms. The normalized spacial score (nSPS) is 14.9. The Labute approximate surface area is 142 Å². The van der Waals surface area contributed by atoms with Crippen LogP contribution in [0.2, 0.25) is 0 Å². The molecular weight excluding hydrogens is 300 g/mol. The summed E-state index contributed by atoms with van der Waals surface area (Å²) in [6.07, 6.45) is 1.73. The third kappa shape index (κ3) is 3.57. The number of carbonyl (C=O) groups excluding carboxylic acids is 1. The molecule has 1 aliphatic heterocycles. The molecule has 1 heterocycles. The maximum atomic E-state index is 12.6. The summed E-state index contributed by atoms with van der Waals surface area (Å²) in [6, 6.07) is 17.1. The quantitative estimate of drug-likeness (QED) is 0.869. The summed E-state index contributed by atoms with van der Waals surface area (Å²) >= 11 is 0. The van der Waals surface area contributed by atoms with E-state index in [4.69, 9.17) is 10.00 Å². The first kappa shape index (κ1) is 16.1. The summed E-state index contributed by atoms with van der Waals surface area (Å²) < 4.78 is 6.02. The van der Waals surface area contributed by atoms with Crippen molar-refractivity contribution >= 4 is 5.91 Å². The summed E-state index contributed by atoms with van der Waals surface area (Å²) in [5.41, 5.74) is 2.09. The number of nitrogens with zero attached hydrogens (tertiary/aromatic N) is 2. The number of carbonyl (C=O) groups is 1. The Hall–Kier alpha value is -2.80. The van der Waals surface area contributed by atoms with Gasteiger partial charge in [0.15, 0.2) is 0 Å². The molecule has 1 amide bonds. The van der Waals surface area contributed by atoms with Gasteiger partial charge in [-0.1, -0.05) is 24.3 Å². The average Bonchev–Trinajstić information content (AvgIpc) is 2.62. The van der Waals surface area contributed by atoms with Gasteiger partial charge in [0, 0.05) is 25.9 Å². The van der Waals surface area contributed by atoms with Crippen LogP contribution in [-0.4, -0.2) is 30.0 Å². The second-order valence-electron chi connectivity index (χ2n) is 6.08. The molecule has 122 valence electrons. The van der Waals surface area contributed by atoms with E-state index in [1.165, 1.54) is 5.56 Å². The Bertz CT molecular complexity index is 771. The van der Waals surface area contributed by atoms with Crippen LogP contribution in [0.4, 0.5) is 0 Å². The third-order valence-electron chi connectivity index (χ3n) is 4.30. The SMILES string of the molecule is Cc1cccc(OC2CCN(C(=O)c3ccccc3C#N)CC2)c1. The maximum Gasteiger partial charge on any atom is 0.255 e. The highest BCUT2D eigenvalue weighted by Crippen LogP contribution is 2.21. The molecule has 1 aliphatic rings. The fourth-order valence-electron chi connectivity index (χ4n) is 3.00. The van der Waals surface area contributed by atoms with Gasteiger partial charge in [0.2, 0.25) is 0 Å². The van der Waals surface area contributed by atoms with E-state index >= 15 is 0 Å². The molecule has 3 rings (SSSR count). The van der Waals surface area contributed by atoms with Crippen molar-refractivity contribution in [2.75, 3.05) is 13.1 Å². The lowest BCUT2D eigenvalue weighted by Gasteiger charge is -2.32. The van der Waals surface area contributed by atoms with Gasteiger partial charge >= 0.3 is 0 Å². The first-order valence-electron chi connectivity index (χ1n) is 8.19. The van der Waals surface area contributed by atoms with Gasteiger partial charge in [0.05, 0.1) is 17.2 Å². The van der Waals surface area contributed by atoms with Crippen molar-refractivity contribution in [1.29, 1.82) is 5.26 Å². The Balaban J connectivity index is 1.61.